The number of halogens is 2. The molecule has 98 valence electrons. The van der Waals surface area contributed by atoms with E-state index in [0.29, 0.717) is 17.2 Å². The van der Waals surface area contributed by atoms with Gasteiger partial charge in [0.2, 0.25) is 5.88 Å². The molecule has 0 atom stereocenters. The van der Waals surface area contributed by atoms with Gasteiger partial charge < -0.3 is 10.5 Å². The van der Waals surface area contributed by atoms with E-state index in [4.69, 9.17) is 15.9 Å². The normalized spacial score (nSPS) is 10.3. The molecule has 0 fully saturated rings. The Hall–Kier alpha value is -1.40. The molecule has 0 amide bonds. The summed E-state index contributed by atoms with van der Waals surface area (Å²) < 4.78 is 7.47. The molecule has 3 N–H and O–H groups in total. The average Bonchev–Trinajstić information content (AvgIpc) is 2.32. The number of aromatic nitrogens is 1. The van der Waals surface area contributed by atoms with E-state index in [1.165, 1.54) is 0 Å². The van der Waals surface area contributed by atoms with Gasteiger partial charge >= 0.3 is 0 Å². The number of hydrogen-bond acceptors (Lipinski definition) is 3. The molecule has 4 nitrogen and oxygen atoms in total. The first-order valence-corrected chi connectivity index (χ1v) is 7.01. The molecule has 0 bridgehead atoms. The number of nitrogen functional groups attached to an aromatic ring is 1. The number of nitrogens with zero attached hydrogens (tertiary/aromatic N) is 1. The maximum absolute atomic E-state index is 7.54. The van der Waals surface area contributed by atoms with Crippen molar-refractivity contribution < 1.29 is 4.74 Å². The van der Waals surface area contributed by atoms with E-state index in [2.05, 4.69) is 36.8 Å². The number of aryl methyl sites for hydroxylation is 1. The van der Waals surface area contributed by atoms with Crippen LogP contribution in [0.25, 0.3) is 0 Å². The van der Waals surface area contributed by atoms with Crippen LogP contribution in [0.4, 0.5) is 0 Å². The molecular weight excluding hydrogens is 374 g/mol. The lowest BCUT2D eigenvalue weighted by Gasteiger charge is -2.11. The zero-order valence-electron chi connectivity index (χ0n) is 10.1. The van der Waals surface area contributed by atoms with E-state index in [0.717, 1.165) is 14.6 Å². The van der Waals surface area contributed by atoms with Gasteiger partial charge in [0, 0.05) is 10.2 Å². The van der Waals surface area contributed by atoms with E-state index in [1.807, 2.05) is 25.1 Å². The summed E-state index contributed by atoms with van der Waals surface area (Å²) in [6.07, 6.45) is 0. The highest BCUT2D eigenvalue weighted by atomic mass is 79.9. The maximum Gasteiger partial charge on any atom is 0.230 e. The Labute approximate surface area is 127 Å². The molecule has 19 heavy (non-hydrogen) atoms. The van der Waals surface area contributed by atoms with Gasteiger partial charge in [0.15, 0.2) is 0 Å². The fraction of sp³-hybridized carbons (Fsp3) is 0.0769. The molecule has 0 saturated carbocycles. The minimum atomic E-state index is -0.0734. The van der Waals surface area contributed by atoms with Crippen molar-refractivity contribution in [1.29, 1.82) is 5.41 Å². The van der Waals surface area contributed by atoms with Crippen LogP contribution in [0.1, 0.15) is 11.3 Å². The van der Waals surface area contributed by atoms with E-state index in [9.17, 15) is 0 Å². The summed E-state index contributed by atoms with van der Waals surface area (Å²) in [7, 11) is 0. The van der Waals surface area contributed by atoms with Gasteiger partial charge in [-0.1, -0.05) is 15.9 Å². The smallest absolute Gasteiger partial charge is 0.230 e. The lowest BCUT2D eigenvalue weighted by Crippen LogP contribution is -2.13. The Morgan fingerprint density at radius 1 is 1.26 bits per heavy atom. The Morgan fingerprint density at radius 2 is 2.00 bits per heavy atom. The lowest BCUT2D eigenvalue weighted by molar-refractivity contribution is 0.457. The number of nitrogens with two attached hydrogens (primary N) is 1. The summed E-state index contributed by atoms with van der Waals surface area (Å²) in [6.45, 7) is 1.85. The minimum absolute atomic E-state index is 0.0734. The molecule has 0 saturated heterocycles. The molecule has 0 spiro atoms. The second-order valence-electron chi connectivity index (χ2n) is 3.90. The molecule has 1 aromatic carbocycles. The molecule has 2 aromatic rings. The van der Waals surface area contributed by atoms with Crippen LogP contribution < -0.4 is 10.5 Å². The van der Waals surface area contributed by atoms with E-state index >= 15 is 0 Å². The first-order valence-electron chi connectivity index (χ1n) is 5.42. The van der Waals surface area contributed by atoms with Crippen molar-refractivity contribution in [3.05, 3.63) is 50.5 Å². The molecular formula is C13H11Br2N3O. The Balaban J connectivity index is 2.42. The van der Waals surface area contributed by atoms with E-state index in [1.54, 1.807) is 12.1 Å². The second-order valence-corrected chi connectivity index (χ2v) is 5.67. The van der Waals surface area contributed by atoms with Gasteiger partial charge in [-0.05, 0) is 53.2 Å². The summed E-state index contributed by atoms with van der Waals surface area (Å²) in [5.74, 6) is 0.870. The van der Waals surface area contributed by atoms with Crippen LogP contribution in [0.2, 0.25) is 0 Å². The van der Waals surface area contributed by atoms with Gasteiger partial charge in [0.25, 0.3) is 0 Å². The predicted molar refractivity (Wildman–Crippen MR) is 81.9 cm³/mol. The summed E-state index contributed by atoms with van der Waals surface area (Å²) in [6, 6.07) is 9.07. The number of benzene rings is 1. The van der Waals surface area contributed by atoms with Crippen LogP contribution in [0.5, 0.6) is 11.6 Å². The third kappa shape index (κ3) is 3.33. The second kappa shape index (κ2) is 5.71. The SMILES string of the molecule is Cc1ccc(C(=N)N)c(Oc2ccc(Br)cc2Br)n1. The monoisotopic (exact) mass is 383 g/mol. The van der Waals surface area contributed by atoms with E-state index < -0.39 is 0 Å². The van der Waals surface area contributed by atoms with Crippen molar-refractivity contribution in [3.8, 4) is 11.6 Å². The summed E-state index contributed by atoms with van der Waals surface area (Å²) in [5, 5.41) is 7.54. The largest absolute Gasteiger partial charge is 0.437 e. The fourth-order valence-corrected chi connectivity index (χ4v) is 2.61. The molecule has 0 unspecified atom stereocenters. The Kier molecular flexibility index (Phi) is 4.21. The van der Waals surface area contributed by atoms with Gasteiger partial charge in [-0.15, -0.1) is 0 Å². The van der Waals surface area contributed by atoms with E-state index in [-0.39, 0.29) is 5.84 Å². The van der Waals surface area contributed by atoms with Crippen molar-refractivity contribution in [2.24, 2.45) is 5.73 Å². The average molecular weight is 385 g/mol. The lowest BCUT2D eigenvalue weighted by atomic mass is 10.2. The summed E-state index contributed by atoms with van der Waals surface area (Å²) >= 11 is 6.79. The Morgan fingerprint density at radius 3 is 2.63 bits per heavy atom. The number of nitrogens with one attached hydrogen (secondary N) is 1. The molecule has 0 aliphatic heterocycles. The number of pyridine rings is 1. The zero-order valence-corrected chi connectivity index (χ0v) is 13.2. The molecule has 0 aliphatic carbocycles. The van der Waals surface area contributed by atoms with Crippen molar-refractivity contribution in [2.75, 3.05) is 0 Å². The number of amidine groups is 1. The molecule has 0 radical (unpaired) electrons. The van der Waals surface area contributed by atoms with Crippen LogP contribution in [-0.2, 0) is 0 Å². The quantitative estimate of drug-likeness (QED) is 0.620. The standard InChI is InChI=1S/C13H11Br2N3O/c1-7-2-4-9(12(16)17)13(18-7)19-11-5-3-8(14)6-10(11)15/h2-6H,1H3,(H3,16,17). The first-order chi connectivity index (χ1) is 8.97. The van der Waals surface area contributed by atoms with Gasteiger partial charge in [0.05, 0.1) is 10.0 Å². The number of rotatable bonds is 3. The fourth-order valence-electron chi connectivity index (χ4n) is 1.48. The van der Waals surface area contributed by atoms with Crippen molar-refractivity contribution in [3.63, 3.8) is 0 Å². The van der Waals surface area contributed by atoms with Crippen molar-refractivity contribution in [2.45, 2.75) is 6.92 Å². The van der Waals surface area contributed by atoms with Gasteiger partial charge in [-0.3, -0.25) is 5.41 Å². The number of ether oxygens (including phenoxy) is 1. The highest BCUT2D eigenvalue weighted by molar-refractivity contribution is 9.11. The zero-order chi connectivity index (χ0) is 14.0. The first kappa shape index (κ1) is 14.0. The van der Waals surface area contributed by atoms with Crippen LogP contribution in [0.15, 0.2) is 39.3 Å². The molecule has 1 aromatic heterocycles. The van der Waals surface area contributed by atoms with Gasteiger partial charge in [-0.2, -0.15) is 0 Å². The molecule has 0 aliphatic rings. The summed E-state index contributed by atoms with van der Waals surface area (Å²) in [5.41, 5.74) is 6.80. The number of hydrogen-bond donors (Lipinski definition) is 2. The van der Waals surface area contributed by atoms with Crippen molar-refractivity contribution >= 4 is 37.7 Å². The molecule has 2 rings (SSSR count). The van der Waals surface area contributed by atoms with Gasteiger partial charge in [0.1, 0.15) is 11.6 Å². The van der Waals surface area contributed by atoms with Gasteiger partial charge in [-0.25, -0.2) is 4.98 Å². The predicted octanol–water partition coefficient (Wildman–Crippen LogP) is 3.99. The molecule has 1 heterocycles. The highest BCUT2D eigenvalue weighted by Gasteiger charge is 2.11. The van der Waals surface area contributed by atoms with Crippen LogP contribution in [0.3, 0.4) is 0 Å². The van der Waals surface area contributed by atoms with Crippen LogP contribution in [0, 0.1) is 12.3 Å². The van der Waals surface area contributed by atoms with Crippen LogP contribution >= 0.6 is 31.9 Å². The third-order valence-electron chi connectivity index (χ3n) is 2.39. The third-order valence-corrected chi connectivity index (χ3v) is 3.50. The van der Waals surface area contributed by atoms with Crippen molar-refractivity contribution in [1.82, 2.24) is 4.98 Å². The highest BCUT2D eigenvalue weighted by Crippen LogP contribution is 2.32. The van der Waals surface area contributed by atoms with Crippen LogP contribution in [-0.4, -0.2) is 10.8 Å². The Bertz CT molecular complexity index is 644. The molecule has 6 heteroatoms. The summed E-state index contributed by atoms with van der Waals surface area (Å²) in [4.78, 5) is 4.28. The topological polar surface area (TPSA) is 72.0 Å². The minimum Gasteiger partial charge on any atom is -0.437 e. The maximum atomic E-state index is 7.54.